The van der Waals surface area contributed by atoms with Gasteiger partial charge in [-0.3, -0.25) is 9.59 Å². The standard InChI is InChI=1S/C16H13Cl3N2O3/c1-20-16(23)9-2-4-10(5-3-9)21-15(22)8-24-14-7-12(18)11(17)6-13(14)19/h2-7H,8H2,1H3,(H,20,23)(H,21,22). The Bertz CT molecular complexity index is 764. The number of rotatable bonds is 5. The van der Waals surface area contributed by atoms with Gasteiger partial charge in [-0.25, -0.2) is 0 Å². The van der Waals surface area contributed by atoms with Crippen molar-refractivity contribution in [2.75, 3.05) is 19.0 Å². The summed E-state index contributed by atoms with van der Waals surface area (Å²) in [6.45, 7) is -0.255. The van der Waals surface area contributed by atoms with Gasteiger partial charge in [0.2, 0.25) is 0 Å². The number of ether oxygens (including phenoxy) is 1. The Balaban J connectivity index is 1.94. The Morgan fingerprint density at radius 1 is 1.00 bits per heavy atom. The van der Waals surface area contributed by atoms with E-state index in [1.54, 1.807) is 31.3 Å². The molecule has 5 nitrogen and oxygen atoms in total. The summed E-state index contributed by atoms with van der Waals surface area (Å²) in [7, 11) is 1.55. The molecule has 0 bridgehead atoms. The maximum atomic E-state index is 11.9. The molecule has 0 aromatic heterocycles. The molecule has 0 saturated heterocycles. The van der Waals surface area contributed by atoms with Crippen LogP contribution in [0.3, 0.4) is 0 Å². The lowest BCUT2D eigenvalue weighted by molar-refractivity contribution is -0.118. The van der Waals surface area contributed by atoms with Crippen molar-refractivity contribution in [2.24, 2.45) is 0 Å². The molecule has 0 saturated carbocycles. The molecular formula is C16H13Cl3N2O3. The fourth-order valence-corrected chi connectivity index (χ4v) is 2.40. The van der Waals surface area contributed by atoms with E-state index in [1.165, 1.54) is 12.1 Å². The molecule has 2 rings (SSSR count). The van der Waals surface area contributed by atoms with Crippen molar-refractivity contribution in [1.29, 1.82) is 0 Å². The van der Waals surface area contributed by atoms with Gasteiger partial charge in [-0.05, 0) is 30.3 Å². The summed E-state index contributed by atoms with van der Waals surface area (Å²) >= 11 is 17.7. The molecule has 0 radical (unpaired) electrons. The molecule has 0 aliphatic heterocycles. The maximum Gasteiger partial charge on any atom is 0.262 e. The van der Waals surface area contributed by atoms with Gasteiger partial charge in [-0.2, -0.15) is 0 Å². The zero-order valence-corrected chi connectivity index (χ0v) is 14.8. The summed E-state index contributed by atoms with van der Waals surface area (Å²) in [5.41, 5.74) is 1.03. The lowest BCUT2D eigenvalue weighted by Crippen LogP contribution is -2.21. The quantitative estimate of drug-likeness (QED) is 0.761. The highest BCUT2D eigenvalue weighted by atomic mass is 35.5. The van der Waals surface area contributed by atoms with Crippen molar-refractivity contribution in [3.8, 4) is 5.75 Å². The van der Waals surface area contributed by atoms with E-state index >= 15 is 0 Å². The number of halogens is 3. The van der Waals surface area contributed by atoms with Gasteiger partial charge in [-0.15, -0.1) is 0 Å². The van der Waals surface area contributed by atoms with Crippen LogP contribution in [0.15, 0.2) is 36.4 Å². The summed E-state index contributed by atoms with van der Waals surface area (Å²) in [5.74, 6) is -0.327. The van der Waals surface area contributed by atoms with E-state index in [0.717, 1.165) is 0 Å². The monoisotopic (exact) mass is 386 g/mol. The smallest absolute Gasteiger partial charge is 0.262 e. The summed E-state index contributed by atoms with van der Waals surface area (Å²) in [6.07, 6.45) is 0. The van der Waals surface area contributed by atoms with Crippen LogP contribution in [0.2, 0.25) is 15.1 Å². The predicted molar refractivity (Wildman–Crippen MR) is 95.4 cm³/mol. The van der Waals surface area contributed by atoms with Crippen molar-refractivity contribution in [3.05, 3.63) is 57.0 Å². The fourth-order valence-electron chi connectivity index (χ4n) is 1.80. The topological polar surface area (TPSA) is 67.4 Å². The Morgan fingerprint density at radius 2 is 1.62 bits per heavy atom. The van der Waals surface area contributed by atoms with Crippen LogP contribution in [0, 0.1) is 0 Å². The minimum absolute atomic E-state index is 0.203. The molecule has 2 amide bonds. The maximum absolute atomic E-state index is 11.9. The van der Waals surface area contributed by atoms with E-state index in [4.69, 9.17) is 39.5 Å². The second-order valence-electron chi connectivity index (χ2n) is 4.69. The van der Waals surface area contributed by atoms with Crippen LogP contribution < -0.4 is 15.4 Å². The molecule has 8 heteroatoms. The summed E-state index contributed by atoms with van der Waals surface area (Å²) in [6, 6.07) is 9.33. The Morgan fingerprint density at radius 3 is 2.25 bits per heavy atom. The number of carbonyl (C=O) groups excluding carboxylic acids is 2. The molecule has 126 valence electrons. The third-order valence-corrected chi connectivity index (χ3v) is 4.01. The second kappa shape index (κ2) is 8.24. The highest BCUT2D eigenvalue weighted by molar-refractivity contribution is 6.43. The van der Waals surface area contributed by atoms with Gasteiger partial charge in [0.05, 0.1) is 15.1 Å². The first-order chi connectivity index (χ1) is 11.4. The second-order valence-corrected chi connectivity index (χ2v) is 5.91. The first-order valence-electron chi connectivity index (χ1n) is 6.80. The van der Waals surface area contributed by atoms with E-state index in [0.29, 0.717) is 16.3 Å². The molecule has 0 aliphatic carbocycles. The first kappa shape index (κ1) is 18.4. The number of carbonyl (C=O) groups is 2. The molecule has 0 fully saturated rings. The van der Waals surface area contributed by atoms with Gasteiger partial charge < -0.3 is 15.4 Å². The highest BCUT2D eigenvalue weighted by Crippen LogP contribution is 2.33. The van der Waals surface area contributed by atoms with Crippen LogP contribution in [-0.4, -0.2) is 25.5 Å². The van der Waals surface area contributed by atoms with Gasteiger partial charge in [0.1, 0.15) is 5.75 Å². The lowest BCUT2D eigenvalue weighted by Gasteiger charge is -2.10. The molecule has 2 aromatic rings. The van der Waals surface area contributed by atoms with Gasteiger partial charge >= 0.3 is 0 Å². The predicted octanol–water partition coefficient (Wildman–Crippen LogP) is 4.02. The van der Waals surface area contributed by atoms with E-state index in [-0.39, 0.29) is 34.2 Å². The van der Waals surface area contributed by atoms with Crippen molar-refractivity contribution < 1.29 is 14.3 Å². The third kappa shape index (κ3) is 4.77. The van der Waals surface area contributed by atoms with Crippen molar-refractivity contribution in [2.45, 2.75) is 0 Å². The van der Waals surface area contributed by atoms with E-state index in [9.17, 15) is 9.59 Å². The summed E-state index contributed by atoms with van der Waals surface area (Å²) in [5, 5.41) is 5.99. The van der Waals surface area contributed by atoms with Crippen molar-refractivity contribution >= 4 is 52.3 Å². The van der Waals surface area contributed by atoms with Crippen LogP contribution in [0.5, 0.6) is 5.75 Å². The Labute approximate surface area is 153 Å². The van der Waals surface area contributed by atoms with E-state index in [1.807, 2.05) is 0 Å². The number of hydrogen-bond acceptors (Lipinski definition) is 3. The average Bonchev–Trinajstić information content (AvgIpc) is 2.57. The largest absolute Gasteiger partial charge is 0.482 e. The number of amides is 2. The van der Waals surface area contributed by atoms with Crippen LogP contribution in [0.25, 0.3) is 0 Å². The molecule has 0 heterocycles. The molecule has 0 spiro atoms. The zero-order chi connectivity index (χ0) is 17.7. The van der Waals surface area contributed by atoms with Crippen LogP contribution in [0.1, 0.15) is 10.4 Å². The SMILES string of the molecule is CNC(=O)c1ccc(NC(=O)COc2cc(Cl)c(Cl)cc2Cl)cc1. The van der Waals surface area contributed by atoms with E-state index < -0.39 is 0 Å². The molecule has 24 heavy (non-hydrogen) atoms. The molecule has 0 aliphatic rings. The third-order valence-electron chi connectivity index (χ3n) is 2.99. The highest BCUT2D eigenvalue weighted by Gasteiger charge is 2.10. The molecule has 2 aromatic carbocycles. The minimum atomic E-state index is -0.384. The normalized spacial score (nSPS) is 10.2. The molecule has 0 atom stereocenters. The fraction of sp³-hybridized carbons (Fsp3) is 0.125. The van der Waals surface area contributed by atoms with Crippen LogP contribution >= 0.6 is 34.8 Å². The zero-order valence-electron chi connectivity index (χ0n) is 12.5. The van der Waals surface area contributed by atoms with Gasteiger partial charge in [0, 0.05) is 24.4 Å². The van der Waals surface area contributed by atoms with E-state index in [2.05, 4.69) is 10.6 Å². The number of nitrogens with one attached hydrogen (secondary N) is 2. The number of benzene rings is 2. The van der Waals surface area contributed by atoms with Gasteiger partial charge in [-0.1, -0.05) is 34.8 Å². The summed E-state index contributed by atoms with van der Waals surface area (Å²) in [4.78, 5) is 23.3. The number of anilines is 1. The van der Waals surface area contributed by atoms with Gasteiger partial charge in [0.25, 0.3) is 11.8 Å². The Kier molecular flexibility index (Phi) is 6.31. The average molecular weight is 388 g/mol. The van der Waals surface area contributed by atoms with Gasteiger partial charge in [0.15, 0.2) is 6.61 Å². The minimum Gasteiger partial charge on any atom is -0.482 e. The Hall–Kier alpha value is -1.95. The molecule has 0 unspecified atom stereocenters. The lowest BCUT2D eigenvalue weighted by atomic mass is 10.2. The number of hydrogen-bond donors (Lipinski definition) is 2. The summed E-state index contributed by atoms with van der Waals surface area (Å²) < 4.78 is 5.33. The van der Waals surface area contributed by atoms with Crippen molar-refractivity contribution in [3.63, 3.8) is 0 Å². The van der Waals surface area contributed by atoms with Crippen LogP contribution in [-0.2, 0) is 4.79 Å². The molecule has 2 N–H and O–H groups in total. The first-order valence-corrected chi connectivity index (χ1v) is 7.93. The van der Waals surface area contributed by atoms with Crippen LogP contribution in [0.4, 0.5) is 5.69 Å². The van der Waals surface area contributed by atoms with Crippen molar-refractivity contribution in [1.82, 2.24) is 5.32 Å². The molecular weight excluding hydrogens is 375 g/mol.